The molecule has 3 aromatic carbocycles. The highest BCUT2D eigenvalue weighted by Crippen LogP contribution is 2.35. The van der Waals surface area contributed by atoms with Crippen molar-refractivity contribution in [3.05, 3.63) is 89.6 Å². The molecule has 1 aliphatic rings. The topological polar surface area (TPSA) is 71.8 Å². The van der Waals surface area contributed by atoms with Gasteiger partial charge in [0.25, 0.3) is 0 Å². The van der Waals surface area contributed by atoms with E-state index < -0.39 is 11.6 Å². The van der Waals surface area contributed by atoms with Crippen molar-refractivity contribution in [3.63, 3.8) is 0 Å². The van der Waals surface area contributed by atoms with Gasteiger partial charge >= 0.3 is 12.1 Å². The number of aromatic carboxylic acids is 1. The van der Waals surface area contributed by atoms with Gasteiger partial charge < -0.3 is 14.4 Å². The van der Waals surface area contributed by atoms with Gasteiger partial charge in [-0.2, -0.15) is 0 Å². The number of carbonyl (C=O) groups is 2. The molecule has 6 heteroatoms. The molecule has 0 spiro atoms. The average Bonchev–Trinajstić information content (AvgIpc) is 3.41. The lowest BCUT2D eigenvalue weighted by Gasteiger charge is -2.25. The van der Waals surface area contributed by atoms with Gasteiger partial charge in [-0.3, -0.25) is 4.90 Å². The van der Waals surface area contributed by atoms with Crippen LogP contribution in [0.4, 0.5) is 10.5 Å². The Kier molecular flexibility index (Phi) is 5.59. The number of benzene rings is 3. The minimum absolute atomic E-state index is 0.285. The smallest absolute Gasteiger partial charge is 0.414 e. The summed E-state index contributed by atoms with van der Waals surface area (Å²) in [5, 5.41) is 10.4. The molecule has 6 nitrogen and oxygen atoms in total. The molecule has 1 amide bonds. The van der Waals surface area contributed by atoms with Crippen LogP contribution in [0.2, 0.25) is 0 Å². The zero-order valence-electron chi connectivity index (χ0n) is 20.1. The first-order valence-electron chi connectivity index (χ1n) is 11.7. The molecule has 178 valence electrons. The van der Waals surface area contributed by atoms with Gasteiger partial charge in [0, 0.05) is 24.8 Å². The van der Waals surface area contributed by atoms with Gasteiger partial charge in [0.2, 0.25) is 0 Å². The van der Waals surface area contributed by atoms with Gasteiger partial charge in [0.1, 0.15) is 5.60 Å². The summed E-state index contributed by atoms with van der Waals surface area (Å²) in [6.45, 7) is 6.82. The maximum atomic E-state index is 12.8. The van der Waals surface area contributed by atoms with E-state index in [0.29, 0.717) is 13.1 Å². The minimum Gasteiger partial charge on any atom is -0.478 e. The van der Waals surface area contributed by atoms with Crippen LogP contribution in [0.3, 0.4) is 0 Å². The van der Waals surface area contributed by atoms with Crippen LogP contribution in [-0.2, 0) is 17.7 Å². The maximum Gasteiger partial charge on any atom is 0.414 e. The molecule has 0 radical (unpaired) electrons. The summed E-state index contributed by atoms with van der Waals surface area (Å²) in [6.07, 6.45) is 2.52. The van der Waals surface area contributed by atoms with Crippen molar-refractivity contribution in [3.8, 4) is 11.1 Å². The van der Waals surface area contributed by atoms with Crippen molar-refractivity contribution in [1.82, 2.24) is 4.57 Å². The third-order valence-corrected chi connectivity index (χ3v) is 6.23. The maximum absolute atomic E-state index is 12.8. The Labute approximate surface area is 204 Å². The van der Waals surface area contributed by atoms with Gasteiger partial charge in [-0.25, -0.2) is 9.59 Å². The number of aromatic nitrogens is 1. The number of nitrogens with zero attached hydrogens (tertiary/aromatic N) is 2. The van der Waals surface area contributed by atoms with Gasteiger partial charge in [0.15, 0.2) is 0 Å². The highest BCUT2D eigenvalue weighted by Gasteiger charge is 2.29. The van der Waals surface area contributed by atoms with E-state index in [1.54, 1.807) is 23.1 Å². The fourth-order valence-corrected chi connectivity index (χ4v) is 4.57. The van der Waals surface area contributed by atoms with Crippen LogP contribution in [-0.4, -0.2) is 33.9 Å². The van der Waals surface area contributed by atoms with E-state index in [2.05, 4.69) is 47.0 Å². The third-order valence-electron chi connectivity index (χ3n) is 6.23. The van der Waals surface area contributed by atoms with Gasteiger partial charge in [-0.15, -0.1) is 0 Å². The Morgan fingerprint density at radius 3 is 2.51 bits per heavy atom. The van der Waals surface area contributed by atoms with Crippen molar-refractivity contribution in [2.75, 3.05) is 11.4 Å². The Morgan fingerprint density at radius 1 is 0.971 bits per heavy atom. The normalized spacial score (nSPS) is 13.2. The molecule has 0 bridgehead atoms. The third kappa shape index (κ3) is 4.64. The number of carboxylic acid groups (broad SMARTS) is 1. The van der Waals surface area contributed by atoms with E-state index >= 15 is 0 Å². The zero-order chi connectivity index (χ0) is 24.7. The molecule has 0 saturated heterocycles. The lowest BCUT2D eigenvalue weighted by atomic mass is 10.0. The number of carbonyl (C=O) groups excluding carboxylic acids is 1. The Morgan fingerprint density at radius 2 is 1.74 bits per heavy atom. The summed E-state index contributed by atoms with van der Waals surface area (Å²) in [7, 11) is 0. The quantitative estimate of drug-likeness (QED) is 0.379. The monoisotopic (exact) mass is 468 g/mol. The van der Waals surface area contributed by atoms with Gasteiger partial charge in [-0.1, -0.05) is 36.4 Å². The van der Waals surface area contributed by atoms with Crippen molar-refractivity contribution < 1.29 is 19.4 Å². The molecule has 0 unspecified atom stereocenters. The van der Waals surface area contributed by atoms with E-state index in [4.69, 9.17) is 4.74 Å². The number of amides is 1. The fourth-order valence-electron chi connectivity index (χ4n) is 4.57. The largest absolute Gasteiger partial charge is 0.478 e. The van der Waals surface area contributed by atoms with Crippen molar-refractivity contribution in [2.45, 2.75) is 39.3 Å². The second-order valence-electron chi connectivity index (χ2n) is 9.95. The molecule has 1 aromatic heterocycles. The van der Waals surface area contributed by atoms with E-state index in [1.807, 2.05) is 33.0 Å². The lowest BCUT2D eigenvalue weighted by Crippen LogP contribution is -2.35. The van der Waals surface area contributed by atoms with Crippen molar-refractivity contribution in [1.29, 1.82) is 0 Å². The summed E-state index contributed by atoms with van der Waals surface area (Å²) in [6, 6.07) is 21.7. The lowest BCUT2D eigenvalue weighted by molar-refractivity contribution is 0.0583. The van der Waals surface area contributed by atoms with E-state index in [0.717, 1.165) is 45.3 Å². The number of carboxylic acids is 1. The first-order valence-corrected chi connectivity index (χ1v) is 11.7. The molecular formula is C29H28N2O4. The second-order valence-corrected chi connectivity index (χ2v) is 9.95. The summed E-state index contributed by atoms with van der Waals surface area (Å²) in [5.41, 5.74) is 5.86. The van der Waals surface area contributed by atoms with Gasteiger partial charge in [-0.05, 0) is 85.2 Å². The number of anilines is 1. The molecule has 35 heavy (non-hydrogen) atoms. The summed E-state index contributed by atoms with van der Waals surface area (Å²) in [5.74, 6) is -0.927. The fraction of sp³-hybridized carbons (Fsp3) is 0.241. The number of rotatable bonds is 4. The van der Waals surface area contributed by atoms with Crippen molar-refractivity contribution in [2.24, 2.45) is 0 Å². The SMILES string of the molecule is CC(C)(C)OC(=O)N1CCc2ccc(-c3ccc4ccn(Cc5cccc(C(=O)O)c5)c4c3)cc21. The van der Waals surface area contributed by atoms with Crippen molar-refractivity contribution >= 4 is 28.7 Å². The average molecular weight is 469 g/mol. The molecule has 0 fully saturated rings. The second kappa shape index (κ2) is 8.62. The molecule has 4 aromatic rings. The van der Waals surface area contributed by atoms with Crippen LogP contribution in [0.1, 0.15) is 42.3 Å². The number of ether oxygens (including phenoxy) is 1. The summed E-state index contributed by atoms with van der Waals surface area (Å²) in [4.78, 5) is 25.8. The van der Waals surface area contributed by atoms with E-state index in [9.17, 15) is 14.7 Å². The molecule has 0 aliphatic carbocycles. The van der Waals surface area contributed by atoms with E-state index in [-0.39, 0.29) is 11.7 Å². The molecule has 1 aliphatic heterocycles. The standard InChI is InChI=1S/C29H28N2O4/c1-29(2,3)35-28(34)31-14-12-21-8-10-23(17-26(21)31)22-9-7-20-11-13-30(25(20)16-22)18-19-5-4-6-24(15-19)27(32)33/h4-11,13,15-17H,12,14,18H2,1-3H3,(H,32,33). The molecular weight excluding hydrogens is 440 g/mol. The predicted molar refractivity (Wildman–Crippen MR) is 137 cm³/mol. The Hall–Kier alpha value is -4.06. The first kappa shape index (κ1) is 22.7. The first-order chi connectivity index (χ1) is 16.7. The molecule has 0 saturated carbocycles. The molecule has 2 heterocycles. The number of hydrogen-bond donors (Lipinski definition) is 1. The van der Waals surface area contributed by atoms with Crippen LogP contribution < -0.4 is 4.90 Å². The Bertz CT molecular complexity index is 1440. The molecule has 5 rings (SSSR count). The Balaban J connectivity index is 1.46. The highest BCUT2D eigenvalue weighted by atomic mass is 16.6. The van der Waals surface area contributed by atoms with Crippen LogP contribution in [0.25, 0.3) is 22.0 Å². The van der Waals surface area contributed by atoms with Crippen LogP contribution >= 0.6 is 0 Å². The van der Waals surface area contributed by atoms with Crippen LogP contribution in [0.5, 0.6) is 0 Å². The number of fused-ring (bicyclic) bond motifs is 2. The van der Waals surface area contributed by atoms with Gasteiger partial charge in [0.05, 0.1) is 11.3 Å². The van der Waals surface area contributed by atoms with E-state index in [1.165, 1.54) is 0 Å². The van der Waals surface area contributed by atoms with Crippen LogP contribution in [0, 0.1) is 0 Å². The molecule has 0 atom stereocenters. The molecule has 1 N–H and O–H groups in total. The summed E-state index contributed by atoms with van der Waals surface area (Å²) >= 11 is 0. The minimum atomic E-state index is -0.927. The predicted octanol–water partition coefficient (Wildman–Crippen LogP) is 6.35. The number of hydrogen-bond acceptors (Lipinski definition) is 3. The van der Waals surface area contributed by atoms with Crippen LogP contribution in [0.15, 0.2) is 72.9 Å². The zero-order valence-corrected chi connectivity index (χ0v) is 20.1. The highest BCUT2D eigenvalue weighted by molar-refractivity contribution is 5.93. The summed E-state index contributed by atoms with van der Waals surface area (Å²) < 4.78 is 7.74.